The maximum Gasteiger partial charge on any atom is 0.182 e. The molecule has 1 aromatic carbocycles. The molecule has 0 saturated heterocycles. The zero-order valence-electron chi connectivity index (χ0n) is 7.92. The molecule has 0 radical (unpaired) electrons. The molecular formula is C11H16O2. The molecule has 0 bridgehead atoms. The van der Waals surface area contributed by atoms with Gasteiger partial charge in [0.2, 0.25) is 0 Å². The van der Waals surface area contributed by atoms with Crippen LogP contribution in [0.1, 0.15) is 44.1 Å². The third kappa shape index (κ3) is 4.61. The van der Waals surface area contributed by atoms with E-state index in [1.165, 1.54) is 12.8 Å². The Morgan fingerprint density at radius 1 is 1.08 bits per heavy atom. The second kappa shape index (κ2) is 5.68. The number of rotatable bonds is 8. The van der Waals surface area contributed by atoms with Crippen molar-refractivity contribution in [2.75, 3.05) is 0 Å². The van der Waals surface area contributed by atoms with Crippen LogP contribution in [0.15, 0.2) is 10.9 Å². The summed E-state index contributed by atoms with van der Waals surface area (Å²) in [5, 5.41) is 0. The predicted octanol–water partition coefficient (Wildman–Crippen LogP) is 2.00. The molecular weight excluding hydrogens is 164 g/mol. The number of aryl methyl sites for hydroxylation is 1. The molecule has 0 N–H and O–H groups in total. The summed E-state index contributed by atoms with van der Waals surface area (Å²) < 4.78 is 0. The van der Waals surface area contributed by atoms with Crippen molar-refractivity contribution in [1.82, 2.24) is 0 Å². The van der Waals surface area contributed by atoms with Crippen LogP contribution < -0.4 is 5.43 Å². The molecule has 0 heterocycles. The molecule has 2 heteroatoms. The van der Waals surface area contributed by atoms with Crippen molar-refractivity contribution >= 4 is 6.29 Å². The zero-order chi connectivity index (χ0) is 9.52. The van der Waals surface area contributed by atoms with E-state index in [2.05, 4.69) is 0 Å². The van der Waals surface area contributed by atoms with E-state index < -0.39 is 0 Å². The standard InChI is InChI=1S/C11H16O2/c12-8-6-4-2-1-3-5-7-10-9-11(10)13/h8-9H,1-7H2. The molecule has 2 nitrogen and oxygen atoms in total. The van der Waals surface area contributed by atoms with Gasteiger partial charge in [0, 0.05) is 12.0 Å². The highest BCUT2D eigenvalue weighted by Gasteiger charge is 2.05. The van der Waals surface area contributed by atoms with E-state index in [0.717, 1.165) is 37.5 Å². The number of carbonyl (C=O) groups excluding carboxylic acids is 1. The number of hydrogen-bond donors (Lipinski definition) is 0. The summed E-state index contributed by atoms with van der Waals surface area (Å²) in [4.78, 5) is 20.5. The number of carbonyl (C=O) groups is 1. The fourth-order valence-corrected chi connectivity index (χ4v) is 1.39. The van der Waals surface area contributed by atoms with Gasteiger partial charge in [-0.25, -0.2) is 0 Å². The van der Waals surface area contributed by atoms with Crippen LogP contribution in [-0.4, -0.2) is 6.29 Å². The molecule has 1 rings (SSSR count). The van der Waals surface area contributed by atoms with Crippen molar-refractivity contribution in [3.63, 3.8) is 0 Å². The first-order valence-corrected chi connectivity index (χ1v) is 5.03. The van der Waals surface area contributed by atoms with Gasteiger partial charge in [-0.1, -0.05) is 19.3 Å². The largest absolute Gasteiger partial charge is 0.303 e. The smallest absolute Gasteiger partial charge is 0.182 e. The fourth-order valence-electron chi connectivity index (χ4n) is 1.39. The molecule has 0 unspecified atom stereocenters. The van der Waals surface area contributed by atoms with E-state index in [1.807, 2.05) is 0 Å². The topological polar surface area (TPSA) is 34.1 Å². The summed E-state index contributed by atoms with van der Waals surface area (Å²) in [6.07, 6.45) is 8.30. The van der Waals surface area contributed by atoms with Crippen molar-refractivity contribution < 1.29 is 4.79 Å². The normalized spacial score (nSPS) is 10.8. The highest BCUT2D eigenvalue weighted by Crippen LogP contribution is 2.08. The minimum absolute atomic E-state index is 0.251. The quantitative estimate of drug-likeness (QED) is 0.453. The maximum absolute atomic E-state index is 10.6. The van der Waals surface area contributed by atoms with Crippen LogP contribution in [0, 0.1) is 0 Å². The lowest BCUT2D eigenvalue weighted by Crippen LogP contribution is -1.85. The molecule has 0 aliphatic heterocycles. The summed E-state index contributed by atoms with van der Waals surface area (Å²) in [5.41, 5.74) is 1.27. The van der Waals surface area contributed by atoms with Gasteiger partial charge in [0.05, 0.1) is 0 Å². The molecule has 0 atom stereocenters. The summed E-state index contributed by atoms with van der Waals surface area (Å²) in [6, 6.07) is 1.71. The number of hydrogen-bond acceptors (Lipinski definition) is 2. The van der Waals surface area contributed by atoms with Gasteiger partial charge in [0.25, 0.3) is 0 Å². The molecule has 0 aliphatic rings. The summed E-state index contributed by atoms with van der Waals surface area (Å²) >= 11 is 0. The SMILES string of the molecule is O=CCCCCCCCc1cc1=O. The van der Waals surface area contributed by atoms with E-state index in [1.54, 1.807) is 6.07 Å². The number of aldehydes is 1. The molecule has 72 valence electrons. The second-order valence-corrected chi connectivity index (χ2v) is 3.51. The minimum Gasteiger partial charge on any atom is -0.303 e. The predicted molar refractivity (Wildman–Crippen MR) is 52.6 cm³/mol. The Morgan fingerprint density at radius 2 is 1.69 bits per heavy atom. The molecule has 0 fully saturated rings. The lowest BCUT2D eigenvalue weighted by Gasteiger charge is -1.96. The Hall–Kier alpha value is -0.920. The van der Waals surface area contributed by atoms with Crippen LogP contribution in [0.2, 0.25) is 0 Å². The van der Waals surface area contributed by atoms with Crippen molar-refractivity contribution in [2.24, 2.45) is 0 Å². The maximum atomic E-state index is 10.6. The molecule has 0 amide bonds. The molecule has 0 saturated carbocycles. The van der Waals surface area contributed by atoms with Gasteiger partial charge >= 0.3 is 0 Å². The zero-order valence-corrected chi connectivity index (χ0v) is 7.92. The summed E-state index contributed by atoms with van der Waals surface area (Å²) in [5.74, 6) is 0. The molecule has 13 heavy (non-hydrogen) atoms. The van der Waals surface area contributed by atoms with E-state index in [4.69, 9.17) is 0 Å². The third-order valence-corrected chi connectivity index (χ3v) is 2.31. The average Bonchev–Trinajstić information content (AvgIpc) is 2.81. The van der Waals surface area contributed by atoms with E-state index >= 15 is 0 Å². The van der Waals surface area contributed by atoms with E-state index in [0.29, 0.717) is 6.42 Å². The third-order valence-electron chi connectivity index (χ3n) is 2.31. The van der Waals surface area contributed by atoms with Crippen LogP contribution in [0.3, 0.4) is 0 Å². The highest BCUT2D eigenvalue weighted by molar-refractivity contribution is 5.48. The van der Waals surface area contributed by atoms with Crippen molar-refractivity contribution in [3.8, 4) is 0 Å². The van der Waals surface area contributed by atoms with Crippen molar-refractivity contribution in [2.45, 2.75) is 44.9 Å². The van der Waals surface area contributed by atoms with Gasteiger partial charge in [-0.3, -0.25) is 4.79 Å². The lowest BCUT2D eigenvalue weighted by molar-refractivity contribution is -0.107. The molecule has 1 aromatic rings. The van der Waals surface area contributed by atoms with Crippen LogP contribution in [0.4, 0.5) is 0 Å². The minimum atomic E-state index is 0.251. The van der Waals surface area contributed by atoms with Crippen LogP contribution in [0.25, 0.3) is 0 Å². The molecule has 0 aromatic heterocycles. The first-order chi connectivity index (χ1) is 6.34. The van der Waals surface area contributed by atoms with Crippen LogP contribution >= 0.6 is 0 Å². The molecule has 0 aliphatic carbocycles. The van der Waals surface area contributed by atoms with Gasteiger partial charge in [-0.15, -0.1) is 0 Å². The Morgan fingerprint density at radius 3 is 2.31 bits per heavy atom. The first kappa shape index (κ1) is 10.2. The average molecular weight is 180 g/mol. The molecule has 0 spiro atoms. The van der Waals surface area contributed by atoms with Crippen molar-refractivity contribution in [3.05, 3.63) is 21.9 Å². The van der Waals surface area contributed by atoms with Crippen LogP contribution in [0.5, 0.6) is 0 Å². The second-order valence-electron chi connectivity index (χ2n) is 3.51. The first-order valence-electron chi connectivity index (χ1n) is 5.03. The van der Waals surface area contributed by atoms with E-state index in [-0.39, 0.29) is 5.43 Å². The van der Waals surface area contributed by atoms with Gasteiger partial charge in [0.15, 0.2) is 5.43 Å². The number of unbranched alkanes of at least 4 members (excludes halogenated alkanes) is 5. The van der Waals surface area contributed by atoms with Gasteiger partial charge in [0.1, 0.15) is 6.29 Å². The summed E-state index contributed by atoms with van der Waals surface area (Å²) in [6.45, 7) is 0. The lowest BCUT2D eigenvalue weighted by atomic mass is 10.1. The Kier molecular flexibility index (Phi) is 4.44. The Labute approximate surface area is 78.6 Å². The van der Waals surface area contributed by atoms with Gasteiger partial charge < -0.3 is 4.79 Å². The van der Waals surface area contributed by atoms with Crippen molar-refractivity contribution in [1.29, 1.82) is 0 Å². The van der Waals surface area contributed by atoms with E-state index in [9.17, 15) is 9.59 Å². The van der Waals surface area contributed by atoms with Gasteiger partial charge in [-0.2, -0.15) is 0 Å². The monoisotopic (exact) mass is 180 g/mol. The fraction of sp³-hybridized carbons (Fsp3) is 0.636. The summed E-state index contributed by atoms with van der Waals surface area (Å²) in [7, 11) is 0. The Bertz CT molecular complexity index is 256. The van der Waals surface area contributed by atoms with Crippen LogP contribution in [-0.2, 0) is 11.2 Å². The van der Waals surface area contributed by atoms with Gasteiger partial charge in [-0.05, 0) is 25.3 Å². The Balaban J connectivity index is 1.79. The highest BCUT2D eigenvalue weighted by atomic mass is 16.1.